The standard InChI is InChI=1S/C21H26N6OS.HI/c1-3-22-21(23-13-14-29-18-7-5-4-6-8-18)24-15-19-25-20(27-26-19)16-9-11-17(28-2)12-10-16;/h4-12H,3,13-15H2,1-2H3,(H2,22,23,24)(H,25,26,27);1H. The van der Waals surface area contributed by atoms with Gasteiger partial charge in [-0.2, -0.15) is 5.10 Å². The zero-order valence-electron chi connectivity index (χ0n) is 17.1. The number of benzene rings is 2. The smallest absolute Gasteiger partial charge is 0.191 e. The minimum atomic E-state index is 0. The normalized spacial score (nSPS) is 10.9. The molecule has 1 heterocycles. The van der Waals surface area contributed by atoms with Crippen molar-refractivity contribution in [1.82, 2.24) is 25.8 Å². The van der Waals surface area contributed by atoms with Crippen LogP contribution in [-0.4, -0.2) is 47.1 Å². The van der Waals surface area contributed by atoms with Gasteiger partial charge in [0.25, 0.3) is 0 Å². The second-order valence-electron chi connectivity index (χ2n) is 6.12. The van der Waals surface area contributed by atoms with Gasteiger partial charge in [-0.15, -0.1) is 35.7 Å². The van der Waals surface area contributed by atoms with Crippen molar-refractivity contribution in [3.63, 3.8) is 0 Å². The molecule has 30 heavy (non-hydrogen) atoms. The van der Waals surface area contributed by atoms with E-state index in [2.05, 4.69) is 55.1 Å². The number of hydrogen-bond acceptors (Lipinski definition) is 5. The van der Waals surface area contributed by atoms with E-state index in [1.54, 1.807) is 7.11 Å². The maximum Gasteiger partial charge on any atom is 0.191 e. The first-order valence-electron chi connectivity index (χ1n) is 9.54. The molecule has 0 unspecified atom stereocenters. The van der Waals surface area contributed by atoms with Gasteiger partial charge in [0.15, 0.2) is 11.8 Å². The van der Waals surface area contributed by atoms with Crippen LogP contribution in [0.1, 0.15) is 12.7 Å². The number of nitrogens with zero attached hydrogens (tertiary/aromatic N) is 3. The largest absolute Gasteiger partial charge is 0.497 e. The van der Waals surface area contributed by atoms with Crippen molar-refractivity contribution >= 4 is 41.7 Å². The van der Waals surface area contributed by atoms with Gasteiger partial charge in [0.2, 0.25) is 0 Å². The molecule has 9 heteroatoms. The van der Waals surface area contributed by atoms with Crippen molar-refractivity contribution in [1.29, 1.82) is 0 Å². The average molecular weight is 538 g/mol. The van der Waals surface area contributed by atoms with E-state index in [-0.39, 0.29) is 24.0 Å². The van der Waals surface area contributed by atoms with E-state index in [1.165, 1.54) is 4.90 Å². The highest BCUT2D eigenvalue weighted by atomic mass is 127. The molecule has 0 aliphatic heterocycles. The van der Waals surface area contributed by atoms with Gasteiger partial charge in [-0.3, -0.25) is 5.10 Å². The molecule has 160 valence electrons. The maximum atomic E-state index is 5.18. The third kappa shape index (κ3) is 7.52. The van der Waals surface area contributed by atoms with Gasteiger partial charge < -0.3 is 15.4 Å². The SMILES string of the molecule is CCNC(=NCc1nc(-c2ccc(OC)cc2)n[nH]1)NCCSc1ccccc1.I. The number of nitrogens with one attached hydrogen (secondary N) is 3. The first kappa shape index (κ1) is 24.0. The molecule has 0 aliphatic rings. The van der Waals surface area contributed by atoms with Gasteiger partial charge in [0, 0.05) is 29.3 Å². The monoisotopic (exact) mass is 538 g/mol. The lowest BCUT2D eigenvalue weighted by Crippen LogP contribution is -2.38. The topological polar surface area (TPSA) is 87.2 Å². The molecular weight excluding hydrogens is 511 g/mol. The number of ether oxygens (including phenoxy) is 1. The van der Waals surface area contributed by atoms with Gasteiger partial charge in [-0.25, -0.2) is 9.98 Å². The molecule has 0 spiro atoms. The van der Waals surface area contributed by atoms with Crippen LogP contribution in [0.15, 0.2) is 64.5 Å². The molecule has 0 bridgehead atoms. The molecule has 3 rings (SSSR count). The van der Waals surface area contributed by atoms with Crippen LogP contribution in [0.3, 0.4) is 0 Å². The Balaban J connectivity index is 0.00000320. The van der Waals surface area contributed by atoms with Crippen molar-refractivity contribution < 1.29 is 4.74 Å². The lowest BCUT2D eigenvalue weighted by Gasteiger charge is -2.10. The molecule has 3 aromatic rings. The van der Waals surface area contributed by atoms with Crippen molar-refractivity contribution in [3.8, 4) is 17.1 Å². The molecular formula is C21H27IN6OS. The van der Waals surface area contributed by atoms with E-state index >= 15 is 0 Å². The minimum Gasteiger partial charge on any atom is -0.497 e. The third-order valence-electron chi connectivity index (χ3n) is 4.02. The Bertz CT molecular complexity index is 901. The van der Waals surface area contributed by atoms with E-state index in [0.29, 0.717) is 18.2 Å². The van der Waals surface area contributed by atoms with Crippen LogP contribution in [-0.2, 0) is 6.54 Å². The number of aromatic nitrogens is 3. The van der Waals surface area contributed by atoms with Crippen LogP contribution < -0.4 is 15.4 Å². The summed E-state index contributed by atoms with van der Waals surface area (Å²) in [6.07, 6.45) is 0. The predicted octanol–water partition coefficient (Wildman–Crippen LogP) is 3.95. The number of halogens is 1. The zero-order valence-corrected chi connectivity index (χ0v) is 20.2. The van der Waals surface area contributed by atoms with Crippen LogP contribution >= 0.6 is 35.7 Å². The summed E-state index contributed by atoms with van der Waals surface area (Å²) in [5, 5.41) is 13.9. The quantitative estimate of drug-likeness (QED) is 0.126. The Kier molecular flexibility index (Phi) is 10.5. The second-order valence-corrected chi connectivity index (χ2v) is 7.29. The fourth-order valence-electron chi connectivity index (χ4n) is 2.59. The molecule has 0 saturated carbocycles. The Morgan fingerprint density at radius 1 is 1.10 bits per heavy atom. The van der Waals surface area contributed by atoms with E-state index in [0.717, 1.165) is 36.1 Å². The Hall–Kier alpha value is -2.27. The number of thioether (sulfide) groups is 1. The zero-order chi connectivity index (χ0) is 20.3. The number of hydrogen-bond donors (Lipinski definition) is 3. The highest BCUT2D eigenvalue weighted by molar-refractivity contribution is 14.0. The van der Waals surface area contributed by atoms with Crippen LogP contribution in [0.25, 0.3) is 11.4 Å². The number of aliphatic imine (C=N–C) groups is 1. The van der Waals surface area contributed by atoms with E-state index in [9.17, 15) is 0 Å². The fraction of sp³-hybridized carbons (Fsp3) is 0.286. The summed E-state index contributed by atoms with van der Waals surface area (Å²) < 4.78 is 5.18. The summed E-state index contributed by atoms with van der Waals surface area (Å²) in [5.74, 6) is 3.89. The number of aromatic amines is 1. The van der Waals surface area contributed by atoms with Gasteiger partial charge in [-0.05, 0) is 43.3 Å². The van der Waals surface area contributed by atoms with E-state index in [1.807, 2.05) is 49.0 Å². The highest BCUT2D eigenvalue weighted by Crippen LogP contribution is 2.19. The molecule has 1 aromatic heterocycles. The Morgan fingerprint density at radius 2 is 1.87 bits per heavy atom. The summed E-state index contributed by atoms with van der Waals surface area (Å²) in [6, 6.07) is 18.0. The maximum absolute atomic E-state index is 5.18. The number of guanidine groups is 1. The summed E-state index contributed by atoms with van der Waals surface area (Å²) in [5.41, 5.74) is 0.931. The van der Waals surface area contributed by atoms with Crippen molar-refractivity contribution in [2.45, 2.75) is 18.4 Å². The van der Waals surface area contributed by atoms with E-state index in [4.69, 9.17) is 4.74 Å². The summed E-state index contributed by atoms with van der Waals surface area (Å²) in [6.45, 7) is 4.08. The van der Waals surface area contributed by atoms with Crippen LogP contribution in [0, 0.1) is 0 Å². The lowest BCUT2D eigenvalue weighted by atomic mass is 10.2. The van der Waals surface area contributed by atoms with Crippen LogP contribution in [0.2, 0.25) is 0 Å². The molecule has 0 amide bonds. The molecule has 3 N–H and O–H groups in total. The molecule has 0 atom stereocenters. The minimum absolute atomic E-state index is 0. The first-order chi connectivity index (χ1) is 14.3. The van der Waals surface area contributed by atoms with Crippen molar-refractivity contribution in [3.05, 3.63) is 60.4 Å². The summed E-state index contributed by atoms with van der Waals surface area (Å²) in [7, 11) is 1.65. The van der Waals surface area contributed by atoms with Crippen LogP contribution in [0.5, 0.6) is 5.75 Å². The Labute approximate surface area is 198 Å². The first-order valence-corrected chi connectivity index (χ1v) is 10.5. The summed E-state index contributed by atoms with van der Waals surface area (Å²) >= 11 is 1.82. The third-order valence-corrected chi connectivity index (χ3v) is 5.03. The fourth-order valence-corrected chi connectivity index (χ4v) is 3.38. The number of rotatable bonds is 9. The Morgan fingerprint density at radius 3 is 2.57 bits per heavy atom. The van der Waals surface area contributed by atoms with Crippen molar-refractivity contribution in [2.75, 3.05) is 26.0 Å². The van der Waals surface area contributed by atoms with Crippen LogP contribution in [0.4, 0.5) is 0 Å². The highest BCUT2D eigenvalue weighted by Gasteiger charge is 2.06. The van der Waals surface area contributed by atoms with Gasteiger partial charge >= 0.3 is 0 Å². The average Bonchev–Trinajstić information content (AvgIpc) is 3.25. The summed E-state index contributed by atoms with van der Waals surface area (Å²) in [4.78, 5) is 10.4. The molecule has 0 saturated heterocycles. The van der Waals surface area contributed by atoms with Gasteiger partial charge in [0.05, 0.1) is 7.11 Å². The predicted molar refractivity (Wildman–Crippen MR) is 134 cm³/mol. The molecule has 0 aliphatic carbocycles. The molecule has 0 radical (unpaired) electrons. The van der Waals surface area contributed by atoms with Gasteiger partial charge in [0.1, 0.15) is 18.1 Å². The lowest BCUT2D eigenvalue weighted by molar-refractivity contribution is 0.415. The molecule has 2 aromatic carbocycles. The number of methoxy groups -OCH3 is 1. The van der Waals surface area contributed by atoms with Crippen molar-refractivity contribution in [2.24, 2.45) is 4.99 Å². The van der Waals surface area contributed by atoms with E-state index < -0.39 is 0 Å². The number of H-pyrrole nitrogens is 1. The molecule has 7 nitrogen and oxygen atoms in total. The van der Waals surface area contributed by atoms with Gasteiger partial charge in [-0.1, -0.05) is 18.2 Å². The second kappa shape index (κ2) is 13.1. The molecule has 0 fully saturated rings.